The van der Waals surface area contributed by atoms with Crippen molar-refractivity contribution >= 4 is 45.9 Å². The van der Waals surface area contributed by atoms with E-state index in [0.29, 0.717) is 5.88 Å². The van der Waals surface area contributed by atoms with Gasteiger partial charge in [-0.2, -0.15) is 0 Å². The lowest BCUT2D eigenvalue weighted by Crippen LogP contribution is -1.93. The minimum absolute atomic E-state index is 0.509. The highest BCUT2D eigenvalue weighted by molar-refractivity contribution is 7.08. The largest absolute Gasteiger partial charge is 0.353 e. The lowest BCUT2D eigenvalue weighted by atomic mass is 10.2. The summed E-state index contributed by atoms with van der Waals surface area (Å²) in [6, 6.07) is 5.94. The van der Waals surface area contributed by atoms with E-state index < -0.39 is 0 Å². The van der Waals surface area contributed by atoms with Crippen LogP contribution in [0.3, 0.4) is 0 Å². The monoisotopic (exact) mass is 271 g/mol. The predicted octanol–water partition coefficient (Wildman–Crippen LogP) is 5.19. The highest BCUT2D eigenvalue weighted by atomic mass is 35.5. The molecule has 0 amide bonds. The lowest BCUT2D eigenvalue weighted by molar-refractivity contribution is 1.41. The van der Waals surface area contributed by atoms with Gasteiger partial charge in [-0.3, -0.25) is 0 Å². The fourth-order valence-electron chi connectivity index (χ4n) is 1.43. The second kappa shape index (κ2) is 5.09. The average Bonchev–Trinajstić information content (AvgIpc) is 2.72. The minimum atomic E-state index is 0.509. The van der Waals surface area contributed by atoms with E-state index >= 15 is 0 Å². The predicted molar refractivity (Wildman–Crippen MR) is 73.3 cm³/mol. The molecule has 0 aliphatic heterocycles. The topological polar surface area (TPSA) is 12.0 Å². The van der Waals surface area contributed by atoms with E-state index in [-0.39, 0.29) is 0 Å². The number of nitrogens with one attached hydrogen (secondary N) is 1. The molecule has 84 valence electrons. The van der Waals surface area contributed by atoms with Crippen LogP contribution in [-0.2, 0) is 5.88 Å². The zero-order valence-electron chi connectivity index (χ0n) is 8.76. The Hall–Kier alpha value is -0.700. The molecule has 2 rings (SSSR count). The summed E-state index contributed by atoms with van der Waals surface area (Å²) in [5, 5.41) is 8.14. The zero-order valence-corrected chi connectivity index (χ0v) is 11.1. The first-order valence-electron chi connectivity index (χ1n) is 4.85. The standard InChI is InChI=1S/C12H11Cl2NS/c1-8-3-2-4-10(12(8)14)15-11-7-16-6-9(11)5-13/h2-4,6-7,15H,5H2,1H3. The maximum absolute atomic E-state index is 6.21. The first-order chi connectivity index (χ1) is 7.72. The number of alkyl halides is 1. The van der Waals surface area contributed by atoms with Gasteiger partial charge in [-0.25, -0.2) is 0 Å². The van der Waals surface area contributed by atoms with E-state index in [9.17, 15) is 0 Å². The Labute approximate surface area is 109 Å². The molecule has 1 aromatic carbocycles. The van der Waals surface area contributed by atoms with Crippen LogP contribution < -0.4 is 5.32 Å². The maximum Gasteiger partial charge on any atom is 0.0670 e. The third kappa shape index (κ3) is 2.34. The van der Waals surface area contributed by atoms with Crippen LogP contribution in [-0.4, -0.2) is 0 Å². The van der Waals surface area contributed by atoms with Crippen LogP contribution in [0, 0.1) is 6.92 Å². The number of benzene rings is 1. The summed E-state index contributed by atoms with van der Waals surface area (Å²) in [6.45, 7) is 1.99. The van der Waals surface area contributed by atoms with E-state index in [1.807, 2.05) is 35.9 Å². The molecule has 0 saturated carbocycles. The van der Waals surface area contributed by atoms with Crippen LogP contribution in [0.5, 0.6) is 0 Å². The van der Waals surface area contributed by atoms with E-state index in [1.54, 1.807) is 11.3 Å². The van der Waals surface area contributed by atoms with Crippen molar-refractivity contribution in [2.45, 2.75) is 12.8 Å². The second-order valence-electron chi connectivity index (χ2n) is 3.51. The molecule has 4 heteroatoms. The molecule has 0 bridgehead atoms. The van der Waals surface area contributed by atoms with Crippen molar-refractivity contribution in [2.75, 3.05) is 5.32 Å². The van der Waals surface area contributed by atoms with Crippen LogP contribution in [0.15, 0.2) is 29.0 Å². The Morgan fingerprint density at radius 2 is 2.06 bits per heavy atom. The van der Waals surface area contributed by atoms with Gasteiger partial charge in [0.05, 0.1) is 22.3 Å². The van der Waals surface area contributed by atoms with Crippen LogP contribution >= 0.6 is 34.5 Å². The number of aryl methyl sites for hydroxylation is 1. The van der Waals surface area contributed by atoms with Gasteiger partial charge in [0.1, 0.15) is 0 Å². The Balaban J connectivity index is 2.30. The van der Waals surface area contributed by atoms with Crippen molar-refractivity contribution in [1.29, 1.82) is 0 Å². The number of hydrogen-bond donors (Lipinski definition) is 1. The van der Waals surface area contributed by atoms with Gasteiger partial charge in [-0.05, 0) is 23.9 Å². The van der Waals surface area contributed by atoms with Crippen LogP contribution in [0.4, 0.5) is 11.4 Å². The molecular weight excluding hydrogens is 261 g/mol. The molecule has 1 N–H and O–H groups in total. The van der Waals surface area contributed by atoms with E-state index in [0.717, 1.165) is 27.5 Å². The van der Waals surface area contributed by atoms with Crippen molar-refractivity contribution < 1.29 is 0 Å². The fraction of sp³-hybridized carbons (Fsp3) is 0.167. The van der Waals surface area contributed by atoms with E-state index in [4.69, 9.17) is 23.2 Å². The SMILES string of the molecule is Cc1cccc(Nc2cscc2CCl)c1Cl. The first-order valence-corrected chi connectivity index (χ1v) is 6.71. The molecule has 1 nitrogen and oxygen atoms in total. The molecule has 0 aliphatic carbocycles. The van der Waals surface area contributed by atoms with Crippen LogP contribution in [0.25, 0.3) is 0 Å². The normalized spacial score (nSPS) is 10.4. The molecule has 16 heavy (non-hydrogen) atoms. The average molecular weight is 272 g/mol. The van der Waals surface area contributed by atoms with Gasteiger partial charge in [0, 0.05) is 10.9 Å². The fourth-order valence-corrected chi connectivity index (χ4v) is 2.70. The molecular formula is C12H11Cl2NS. The van der Waals surface area contributed by atoms with Gasteiger partial charge in [-0.15, -0.1) is 22.9 Å². The van der Waals surface area contributed by atoms with Gasteiger partial charge in [0.15, 0.2) is 0 Å². The maximum atomic E-state index is 6.21. The molecule has 0 unspecified atom stereocenters. The summed E-state index contributed by atoms with van der Waals surface area (Å²) in [7, 11) is 0. The smallest absolute Gasteiger partial charge is 0.0670 e. The Morgan fingerprint density at radius 1 is 1.25 bits per heavy atom. The van der Waals surface area contributed by atoms with Gasteiger partial charge in [-0.1, -0.05) is 23.7 Å². The number of halogens is 2. The summed E-state index contributed by atoms with van der Waals surface area (Å²) in [6.07, 6.45) is 0. The van der Waals surface area contributed by atoms with Crippen molar-refractivity contribution in [3.63, 3.8) is 0 Å². The summed E-state index contributed by atoms with van der Waals surface area (Å²) in [5.41, 5.74) is 4.12. The third-order valence-electron chi connectivity index (χ3n) is 2.35. The Bertz CT molecular complexity index is 494. The highest BCUT2D eigenvalue weighted by Crippen LogP contribution is 2.31. The summed E-state index contributed by atoms with van der Waals surface area (Å²) < 4.78 is 0. The van der Waals surface area contributed by atoms with E-state index in [1.165, 1.54) is 0 Å². The molecule has 0 radical (unpaired) electrons. The molecule has 0 spiro atoms. The molecule has 0 saturated heterocycles. The second-order valence-corrected chi connectivity index (χ2v) is 4.89. The number of anilines is 2. The lowest BCUT2D eigenvalue weighted by Gasteiger charge is -2.09. The quantitative estimate of drug-likeness (QED) is 0.758. The summed E-state index contributed by atoms with van der Waals surface area (Å²) in [4.78, 5) is 0. The zero-order chi connectivity index (χ0) is 11.5. The van der Waals surface area contributed by atoms with Crippen molar-refractivity contribution in [1.82, 2.24) is 0 Å². The summed E-state index contributed by atoms with van der Waals surface area (Å²) in [5.74, 6) is 0.509. The van der Waals surface area contributed by atoms with Crippen molar-refractivity contribution in [2.24, 2.45) is 0 Å². The summed E-state index contributed by atoms with van der Waals surface area (Å²) >= 11 is 13.7. The van der Waals surface area contributed by atoms with Crippen LogP contribution in [0.1, 0.15) is 11.1 Å². The first kappa shape index (κ1) is 11.8. The number of thiophene rings is 1. The Morgan fingerprint density at radius 3 is 2.81 bits per heavy atom. The number of rotatable bonds is 3. The highest BCUT2D eigenvalue weighted by Gasteiger charge is 2.06. The van der Waals surface area contributed by atoms with Crippen molar-refractivity contribution in [3.8, 4) is 0 Å². The minimum Gasteiger partial charge on any atom is -0.353 e. The van der Waals surface area contributed by atoms with Gasteiger partial charge in [0.25, 0.3) is 0 Å². The van der Waals surface area contributed by atoms with E-state index in [2.05, 4.69) is 5.32 Å². The third-order valence-corrected chi connectivity index (χ3v) is 3.93. The molecule has 0 atom stereocenters. The molecule has 0 fully saturated rings. The van der Waals surface area contributed by atoms with Gasteiger partial charge < -0.3 is 5.32 Å². The molecule has 1 aromatic heterocycles. The van der Waals surface area contributed by atoms with Gasteiger partial charge >= 0.3 is 0 Å². The van der Waals surface area contributed by atoms with Crippen LogP contribution in [0.2, 0.25) is 5.02 Å². The molecule has 2 aromatic rings. The molecule has 1 heterocycles. The Kier molecular flexibility index (Phi) is 3.74. The van der Waals surface area contributed by atoms with Crippen molar-refractivity contribution in [3.05, 3.63) is 45.1 Å². The molecule has 0 aliphatic rings. The number of hydrogen-bond acceptors (Lipinski definition) is 2. The van der Waals surface area contributed by atoms with Gasteiger partial charge in [0.2, 0.25) is 0 Å².